The zero-order valence-electron chi connectivity index (χ0n) is 11.0. The molecule has 7 heteroatoms. The van der Waals surface area contributed by atoms with Gasteiger partial charge in [-0.25, -0.2) is 0 Å². The van der Waals surface area contributed by atoms with Crippen molar-refractivity contribution < 1.29 is 14.3 Å². The molecule has 2 aromatic heterocycles. The Hall–Kier alpha value is -2.96. The molecule has 0 fully saturated rings. The number of carbonyl (C=O) groups is 1. The third-order valence-corrected chi connectivity index (χ3v) is 2.90. The van der Waals surface area contributed by atoms with Crippen LogP contribution < -0.4 is 0 Å². The van der Waals surface area contributed by atoms with Crippen LogP contribution in [0.3, 0.4) is 0 Å². The Morgan fingerprint density at radius 1 is 1.19 bits per heavy atom. The van der Waals surface area contributed by atoms with Gasteiger partial charge in [-0.2, -0.15) is 4.80 Å². The molecule has 3 rings (SSSR count). The van der Waals surface area contributed by atoms with Crippen LogP contribution in [-0.2, 0) is 17.8 Å². The maximum absolute atomic E-state index is 10.6. The van der Waals surface area contributed by atoms with Crippen molar-refractivity contribution in [1.29, 1.82) is 0 Å². The van der Waals surface area contributed by atoms with E-state index in [2.05, 4.69) is 15.4 Å². The normalized spacial score (nSPS) is 10.7. The number of benzene rings is 1. The van der Waals surface area contributed by atoms with E-state index < -0.39 is 5.97 Å². The summed E-state index contributed by atoms with van der Waals surface area (Å²) in [7, 11) is 0. The maximum Gasteiger partial charge on any atom is 0.307 e. The van der Waals surface area contributed by atoms with E-state index in [0.717, 1.165) is 11.1 Å². The third-order valence-electron chi connectivity index (χ3n) is 2.90. The molecule has 0 saturated heterocycles. The van der Waals surface area contributed by atoms with Crippen LogP contribution in [0.4, 0.5) is 0 Å². The molecule has 0 bridgehead atoms. The Balaban J connectivity index is 1.70. The highest BCUT2D eigenvalue weighted by atomic mass is 16.4. The van der Waals surface area contributed by atoms with Gasteiger partial charge >= 0.3 is 5.97 Å². The molecule has 1 aromatic carbocycles. The summed E-state index contributed by atoms with van der Waals surface area (Å²) in [5.41, 5.74) is 1.72. The minimum absolute atomic E-state index is 0.0184. The molecular weight excluding hydrogens is 272 g/mol. The Kier molecular flexibility index (Phi) is 3.46. The third kappa shape index (κ3) is 3.14. The highest BCUT2D eigenvalue weighted by Crippen LogP contribution is 2.13. The topological polar surface area (TPSA) is 94.0 Å². The van der Waals surface area contributed by atoms with Crippen LogP contribution in [0.25, 0.3) is 11.6 Å². The van der Waals surface area contributed by atoms with Crippen LogP contribution >= 0.6 is 0 Å². The number of carboxylic acids is 1. The molecule has 0 aliphatic heterocycles. The van der Waals surface area contributed by atoms with Crippen molar-refractivity contribution >= 4 is 5.97 Å². The monoisotopic (exact) mass is 284 g/mol. The Morgan fingerprint density at radius 3 is 2.62 bits per heavy atom. The van der Waals surface area contributed by atoms with E-state index in [9.17, 15) is 4.79 Å². The van der Waals surface area contributed by atoms with Crippen molar-refractivity contribution in [2.75, 3.05) is 0 Å². The fraction of sp³-hybridized carbons (Fsp3) is 0.143. The number of hydrogen-bond donors (Lipinski definition) is 1. The fourth-order valence-electron chi connectivity index (χ4n) is 1.92. The highest BCUT2D eigenvalue weighted by Gasteiger charge is 2.08. The molecule has 106 valence electrons. The van der Waals surface area contributed by atoms with Gasteiger partial charge in [-0.05, 0) is 28.5 Å². The number of nitrogens with zero attached hydrogens (tertiary/aromatic N) is 4. The summed E-state index contributed by atoms with van der Waals surface area (Å²) in [6.45, 7) is 0.459. The number of carboxylic acid groups (broad SMARTS) is 1. The smallest absolute Gasteiger partial charge is 0.307 e. The van der Waals surface area contributed by atoms with E-state index in [0.29, 0.717) is 18.1 Å². The van der Waals surface area contributed by atoms with E-state index in [1.165, 1.54) is 4.80 Å². The second-order valence-electron chi connectivity index (χ2n) is 4.51. The zero-order chi connectivity index (χ0) is 14.7. The number of furan rings is 1. The summed E-state index contributed by atoms with van der Waals surface area (Å²) >= 11 is 0. The molecule has 21 heavy (non-hydrogen) atoms. The largest absolute Gasteiger partial charge is 0.481 e. The molecular formula is C14H12N4O3. The molecule has 1 N–H and O–H groups in total. The summed E-state index contributed by atoms with van der Waals surface area (Å²) in [6, 6.07) is 10.8. The lowest BCUT2D eigenvalue weighted by Crippen LogP contribution is -2.05. The van der Waals surface area contributed by atoms with Crippen molar-refractivity contribution in [1.82, 2.24) is 20.2 Å². The number of rotatable bonds is 5. The van der Waals surface area contributed by atoms with Crippen molar-refractivity contribution in [3.8, 4) is 11.6 Å². The predicted molar refractivity (Wildman–Crippen MR) is 72.4 cm³/mol. The summed E-state index contributed by atoms with van der Waals surface area (Å²) in [6.07, 6.45) is 1.57. The first-order valence-electron chi connectivity index (χ1n) is 6.32. The first kappa shape index (κ1) is 13.0. The number of tetrazole rings is 1. The van der Waals surface area contributed by atoms with Gasteiger partial charge in [-0.3, -0.25) is 4.79 Å². The lowest BCUT2D eigenvalue weighted by atomic mass is 10.1. The van der Waals surface area contributed by atoms with Crippen molar-refractivity contribution in [3.63, 3.8) is 0 Å². The second kappa shape index (κ2) is 5.58. The molecule has 0 unspecified atom stereocenters. The van der Waals surface area contributed by atoms with Crippen LogP contribution in [0.5, 0.6) is 0 Å². The van der Waals surface area contributed by atoms with Gasteiger partial charge in [0.25, 0.3) is 0 Å². The molecule has 0 saturated carbocycles. The first-order chi connectivity index (χ1) is 10.2. The van der Waals surface area contributed by atoms with Gasteiger partial charge in [0.15, 0.2) is 5.76 Å². The van der Waals surface area contributed by atoms with Gasteiger partial charge in [0.1, 0.15) is 0 Å². The molecule has 0 spiro atoms. The average Bonchev–Trinajstić information content (AvgIpc) is 3.11. The predicted octanol–water partition coefficient (Wildman–Crippen LogP) is 1.61. The highest BCUT2D eigenvalue weighted by molar-refractivity contribution is 5.70. The lowest BCUT2D eigenvalue weighted by Gasteiger charge is -2.01. The van der Waals surface area contributed by atoms with Gasteiger partial charge in [0.2, 0.25) is 5.82 Å². The van der Waals surface area contributed by atoms with Crippen molar-refractivity contribution in [3.05, 3.63) is 53.8 Å². The molecule has 2 heterocycles. The molecule has 0 aliphatic carbocycles. The lowest BCUT2D eigenvalue weighted by molar-refractivity contribution is -0.136. The van der Waals surface area contributed by atoms with Crippen molar-refractivity contribution in [2.45, 2.75) is 13.0 Å². The quantitative estimate of drug-likeness (QED) is 0.765. The van der Waals surface area contributed by atoms with Gasteiger partial charge in [0, 0.05) is 0 Å². The van der Waals surface area contributed by atoms with Gasteiger partial charge in [-0.15, -0.1) is 10.2 Å². The average molecular weight is 284 g/mol. The van der Waals surface area contributed by atoms with E-state index in [-0.39, 0.29) is 6.42 Å². The minimum Gasteiger partial charge on any atom is -0.481 e. The van der Waals surface area contributed by atoms with E-state index >= 15 is 0 Å². The summed E-state index contributed by atoms with van der Waals surface area (Å²) in [5.74, 6) is 0.157. The molecule has 3 aromatic rings. The zero-order valence-corrected chi connectivity index (χ0v) is 11.0. The molecule has 0 aliphatic rings. The number of hydrogen-bond acceptors (Lipinski definition) is 5. The first-order valence-corrected chi connectivity index (χ1v) is 6.32. The SMILES string of the molecule is O=C(O)Cc1ccc(Cn2nnc(-c3ccco3)n2)cc1. The van der Waals surface area contributed by atoms with E-state index in [1.807, 2.05) is 12.1 Å². The number of aromatic nitrogens is 4. The summed E-state index contributed by atoms with van der Waals surface area (Å²) in [4.78, 5) is 12.1. The standard InChI is InChI=1S/C14H12N4O3/c19-13(20)8-10-3-5-11(6-4-10)9-18-16-14(15-17-18)12-2-1-7-21-12/h1-7H,8-9H2,(H,19,20). The van der Waals surface area contributed by atoms with Crippen LogP contribution in [0.2, 0.25) is 0 Å². The Bertz CT molecular complexity index is 732. The van der Waals surface area contributed by atoms with Crippen molar-refractivity contribution in [2.24, 2.45) is 0 Å². The van der Waals surface area contributed by atoms with Crippen LogP contribution in [0.15, 0.2) is 47.1 Å². The maximum atomic E-state index is 10.6. The Morgan fingerprint density at radius 2 is 1.95 bits per heavy atom. The molecule has 0 atom stereocenters. The molecule has 0 radical (unpaired) electrons. The minimum atomic E-state index is -0.844. The Labute approximate surface area is 119 Å². The van der Waals surface area contributed by atoms with Gasteiger partial charge in [0.05, 0.1) is 19.2 Å². The molecule has 7 nitrogen and oxygen atoms in total. The summed E-state index contributed by atoms with van der Waals surface area (Å²) in [5, 5.41) is 20.8. The van der Waals surface area contributed by atoms with Gasteiger partial charge in [-0.1, -0.05) is 24.3 Å². The van der Waals surface area contributed by atoms with Crippen LogP contribution in [-0.4, -0.2) is 31.3 Å². The van der Waals surface area contributed by atoms with Crippen LogP contribution in [0.1, 0.15) is 11.1 Å². The second-order valence-corrected chi connectivity index (χ2v) is 4.51. The van der Waals surface area contributed by atoms with E-state index in [4.69, 9.17) is 9.52 Å². The van der Waals surface area contributed by atoms with Gasteiger partial charge < -0.3 is 9.52 Å². The fourth-order valence-corrected chi connectivity index (χ4v) is 1.92. The molecule has 0 amide bonds. The van der Waals surface area contributed by atoms with Crippen LogP contribution in [0, 0.1) is 0 Å². The number of aliphatic carboxylic acids is 1. The summed E-state index contributed by atoms with van der Waals surface area (Å²) < 4.78 is 5.20. The van der Waals surface area contributed by atoms with E-state index in [1.54, 1.807) is 30.5 Å².